The Morgan fingerprint density at radius 2 is 2.19 bits per heavy atom. The summed E-state index contributed by atoms with van der Waals surface area (Å²) in [6, 6.07) is 7.69. The van der Waals surface area contributed by atoms with Crippen molar-refractivity contribution in [3.05, 3.63) is 41.6 Å². The minimum absolute atomic E-state index is 0.145. The molecule has 0 bridgehead atoms. The van der Waals surface area contributed by atoms with Crippen molar-refractivity contribution in [3.8, 4) is 0 Å². The average molecular weight is 284 g/mol. The topological polar surface area (TPSA) is 71.2 Å². The number of carbonyl (C=O) groups is 2. The second kappa shape index (κ2) is 5.44. The van der Waals surface area contributed by atoms with Gasteiger partial charge in [0.05, 0.1) is 6.61 Å². The summed E-state index contributed by atoms with van der Waals surface area (Å²) in [5.74, 6) is -0.522. The summed E-state index contributed by atoms with van der Waals surface area (Å²) in [4.78, 5) is 27.0. The highest BCUT2D eigenvalue weighted by Crippen LogP contribution is 2.32. The predicted molar refractivity (Wildman–Crippen MR) is 79.9 cm³/mol. The second-order valence-electron chi connectivity index (χ2n) is 4.85. The summed E-state index contributed by atoms with van der Waals surface area (Å²) in [6.07, 6.45) is 2.09. The Morgan fingerprint density at radius 3 is 3.00 bits per heavy atom. The molecule has 21 heavy (non-hydrogen) atoms. The summed E-state index contributed by atoms with van der Waals surface area (Å²) in [5, 5.41) is 3.78. The molecule has 2 heterocycles. The highest BCUT2D eigenvalue weighted by atomic mass is 16.5. The Kier molecular flexibility index (Phi) is 3.48. The third-order valence-corrected chi connectivity index (χ3v) is 3.51. The molecule has 0 spiro atoms. The summed E-state index contributed by atoms with van der Waals surface area (Å²) < 4.78 is 4.99. The van der Waals surface area contributed by atoms with Gasteiger partial charge in [0.25, 0.3) is 5.91 Å². The van der Waals surface area contributed by atoms with Gasteiger partial charge >= 0.3 is 5.97 Å². The van der Waals surface area contributed by atoms with E-state index in [-0.39, 0.29) is 11.9 Å². The number of rotatable bonds is 2. The fraction of sp³-hybridized carbons (Fsp3) is 0.250. The number of ether oxygens (including phenoxy) is 1. The average Bonchev–Trinajstić information content (AvgIpc) is 2.79. The SMILES string of the molecule is CCOC(=O)/C=C1\CCNC(=O)c2[nH]c3ccccc3c21. The van der Waals surface area contributed by atoms with Gasteiger partial charge in [-0.15, -0.1) is 0 Å². The fourth-order valence-corrected chi connectivity index (χ4v) is 2.64. The summed E-state index contributed by atoms with van der Waals surface area (Å²) in [6.45, 7) is 2.60. The summed E-state index contributed by atoms with van der Waals surface area (Å²) in [7, 11) is 0. The maximum Gasteiger partial charge on any atom is 0.331 e. The van der Waals surface area contributed by atoms with Gasteiger partial charge < -0.3 is 15.0 Å². The zero-order chi connectivity index (χ0) is 14.8. The first-order valence-corrected chi connectivity index (χ1v) is 6.97. The molecule has 0 saturated heterocycles. The van der Waals surface area contributed by atoms with E-state index in [1.807, 2.05) is 24.3 Å². The molecule has 0 unspecified atom stereocenters. The first kappa shape index (κ1) is 13.4. The molecule has 0 atom stereocenters. The number of fused-ring (bicyclic) bond motifs is 3. The molecule has 1 amide bonds. The molecule has 5 nitrogen and oxygen atoms in total. The van der Waals surface area contributed by atoms with Gasteiger partial charge in [-0.3, -0.25) is 4.79 Å². The van der Waals surface area contributed by atoms with Crippen LogP contribution in [0.1, 0.15) is 29.4 Å². The van der Waals surface area contributed by atoms with Crippen molar-refractivity contribution in [2.45, 2.75) is 13.3 Å². The maximum atomic E-state index is 12.1. The lowest BCUT2D eigenvalue weighted by Crippen LogP contribution is -2.22. The number of benzene rings is 1. The van der Waals surface area contributed by atoms with Crippen LogP contribution in [-0.2, 0) is 9.53 Å². The van der Waals surface area contributed by atoms with Crippen molar-refractivity contribution in [1.29, 1.82) is 0 Å². The number of H-pyrrole nitrogens is 1. The molecule has 1 aromatic carbocycles. The van der Waals surface area contributed by atoms with Crippen LogP contribution in [0.3, 0.4) is 0 Å². The molecule has 0 fully saturated rings. The Balaban J connectivity index is 2.19. The van der Waals surface area contributed by atoms with Crippen molar-refractivity contribution >= 4 is 28.4 Å². The molecule has 1 aliphatic rings. The summed E-state index contributed by atoms with van der Waals surface area (Å²) >= 11 is 0. The van der Waals surface area contributed by atoms with Crippen molar-refractivity contribution in [1.82, 2.24) is 10.3 Å². The maximum absolute atomic E-state index is 12.1. The van der Waals surface area contributed by atoms with Crippen LogP contribution >= 0.6 is 0 Å². The number of aromatic amines is 1. The lowest BCUT2D eigenvalue weighted by Gasteiger charge is -2.04. The van der Waals surface area contributed by atoms with Crippen molar-refractivity contribution in [2.24, 2.45) is 0 Å². The monoisotopic (exact) mass is 284 g/mol. The quantitative estimate of drug-likeness (QED) is 0.656. The molecular weight excluding hydrogens is 268 g/mol. The van der Waals surface area contributed by atoms with Gasteiger partial charge in [-0.05, 0) is 25.0 Å². The molecule has 0 radical (unpaired) electrons. The van der Waals surface area contributed by atoms with Crippen LogP contribution < -0.4 is 5.32 Å². The summed E-state index contributed by atoms with van der Waals surface area (Å²) in [5.41, 5.74) is 3.01. The van der Waals surface area contributed by atoms with Crippen LogP contribution in [-0.4, -0.2) is 30.0 Å². The lowest BCUT2D eigenvalue weighted by atomic mass is 9.99. The van der Waals surface area contributed by atoms with Gasteiger partial charge in [0.15, 0.2) is 0 Å². The zero-order valence-corrected chi connectivity index (χ0v) is 11.7. The van der Waals surface area contributed by atoms with Crippen molar-refractivity contribution < 1.29 is 14.3 Å². The van der Waals surface area contributed by atoms with Crippen molar-refractivity contribution in [2.75, 3.05) is 13.2 Å². The minimum Gasteiger partial charge on any atom is -0.463 e. The van der Waals surface area contributed by atoms with E-state index in [0.717, 1.165) is 22.0 Å². The van der Waals surface area contributed by atoms with E-state index in [1.54, 1.807) is 6.92 Å². The number of hydrogen-bond acceptors (Lipinski definition) is 3. The number of esters is 1. The Morgan fingerprint density at radius 1 is 1.38 bits per heavy atom. The van der Waals surface area contributed by atoms with Gasteiger partial charge in [-0.25, -0.2) is 4.79 Å². The number of nitrogens with one attached hydrogen (secondary N) is 2. The standard InChI is InChI=1S/C16H16N2O3/c1-2-21-13(19)9-10-7-8-17-16(20)15-14(10)11-5-3-4-6-12(11)18-15/h3-6,9,18H,2,7-8H2,1H3,(H,17,20)/b10-9+. The van der Waals surface area contributed by atoms with E-state index in [2.05, 4.69) is 10.3 Å². The van der Waals surface area contributed by atoms with Gasteiger partial charge in [0.1, 0.15) is 5.69 Å². The van der Waals surface area contributed by atoms with Crippen molar-refractivity contribution in [3.63, 3.8) is 0 Å². The number of carbonyl (C=O) groups excluding carboxylic acids is 2. The van der Waals surface area contributed by atoms with Gasteiger partial charge in [0, 0.05) is 29.1 Å². The van der Waals surface area contributed by atoms with Crippen LogP contribution in [0.2, 0.25) is 0 Å². The second-order valence-corrected chi connectivity index (χ2v) is 4.85. The number of para-hydroxylation sites is 1. The van der Waals surface area contributed by atoms with Crippen LogP contribution in [0.15, 0.2) is 30.3 Å². The van der Waals surface area contributed by atoms with Crippen LogP contribution in [0.5, 0.6) is 0 Å². The smallest absolute Gasteiger partial charge is 0.331 e. The van der Waals surface area contributed by atoms with Crippen LogP contribution in [0.25, 0.3) is 16.5 Å². The molecular formula is C16H16N2O3. The lowest BCUT2D eigenvalue weighted by molar-refractivity contribution is -0.137. The van der Waals surface area contributed by atoms with Gasteiger partial charge in [-0.2, -0.15) is 0 Å². The van der Waals surface area contributed by atoms with E-state index < -0.39 is 0 Å². The van der Waals surface area contributed by atoms with Gasteiger partial charge in [0.2, 0.25) is 0 Å². The van der Waals surface area contributed by atoms with E-state index >= 15 is 0 Å². The molecule has 1 aliphatic heterocycles. The molecule has 0 saturated carbocycles. The van der Waals surface area contributed by atoms with Gasteiger partial charge in [-0.1, -0.05) is 18.2 Å². The third-order valence-electron chi connectivity index (χ3n) is 3.51. The molecule has 3 rings (SSSR count). The molecule has 108 valence electrons. The number of hydrogen-bond donors (Lipinski definition) is 2. The number of amides is 1. The minimum atomic E-state index is -0.377. The Labute approximate surface area is 122 Å². The highest BCUT2D eigenvalue weighted by molar-refractivity contribution is 6.09. The Bertz CT molecular complexity index is 743. The van der Waals surface area contributed by atoms with Crippen LogP contribution in [0.4, 0.5) is 0 Å². The predicted octanol–water partition coefficient (Wildman–Crippen LogP) is 2.25. The largest absolute Gasteiger partial charge is 0.463 e. The molecule has 2 aromatic rings. The zero-order valence-electron chi connectivity index (χ0n) is 11.7. The third kappa shape index (κ3) is 2.42. The highest BCUT2D eigenvalue weighted by Gasteiger charge is 2.24. The molecule has 5 heteroatoms. The molecule has 0 aliphatic carbocycles. The first-order chi connectivity index (χ1) is 10.2. The number of aromatic nitrogens is 1. The Hall–Kier alpha value is -2.56. The van der Waals surface area contributed by atoms with E-state index in [0.29, 0.717) is 25.3 Å². The van der Waals surface area contributed by atoms with E-state index in [9.17, 15) is 9.59 Å². The van der Waals surface area contributed by atoms with E-state index in [4.69, 9.17) is 4.74 Å². The molecule has 2 N–H and O–H groups in total. The molecule has 1 aromatic heterocycles. The normalized spacial score (nSPS) is 16.4. The van der Waals surface area contributed by atoms with E-state index in [1.165, 1.54) is 6.08 Å². The fourth-order valence-electron chi connectivity index (χ4n) is 2.64. The first-order valence-electron chi connectivity index (χ1n) is 6.97. The van der Waals surface area contributed by atoms with Crippen LogP contribution in [0, 0.1) is 0 Å².